The summed E-state index contributed by atoms with van der Waals surface area (Å²) in [5.41, 5.74) is 1.35. The minimum absolute atomic E-state index is 0.135. The van der Waals surface area contributed by atoms with Crippen LogP contribution < -0.4 is 10.2 Å². The number of nitrogens with one attached hydrogen (secondary N) is 1. The monoisotopic (exact) mass is 265 g/mol. The number of methoxy groups -OCH3 is 1. The van der Waals surface area contributed by atoms with Gasteiger partial charge in [0, 0.05) is 45.6 Å². The Balaban J connectivity index is 2.46. The number of rotatable bonds is 7. The highest BCUT2D eigenvalue weighted by Crippen LogP contribution is 2.11. The first-order valence-corrected chi connectivity index (χ1v) is 6.82. The van der Waals surface area contributed by atoms with E-state index in [2.05, 4.69) is 55.2 Å². The van der Waals surface area contributed by atoms with E-state index >= 15 is 0 Å². The number of aromatic nitrogens is 1. The third-order valence-electron chi connectivity index (χ3n) is 2.87. The molecular weight excluding hydrogens is 238 g/mol. The molecular formula is C15H27N3O. The van der Waals surface area contributed by atoms with E-state index in [-0.39, 0.29) is 5.54 Å². The zero-order valence-corrected chi connectivity index (χ0v) is 12.9. The summed E-state index contributed by atoms with van der Waals surface area (Å²) in [6.45, 7) is 9.09. The number of ether oxygens (including phenoxy) is 1. The summed E-state index contributed by atoms with van der Waals surface area (Å²) < 4.78 is 5.06. The highest BCUT2D eigenvalue weighted by Gasteiger charge is 2.08. The predicted octanol–water partition coefficient (Wildman–Crippen LogP) is 2.44. The van der Waals surface area contributed by atoms with Gasteiger partial charge >= 0.3 is 0 Å². The smallest absolute Gasteiger partial charge is 0.128 e. The molecule has 0 aliphatic heterocycles. The van der Waals surface area contributed by atoms with Gasteiger partial charge in [-0.2, -0.15) is 0 Å². The first-order valence-electron chi connectivity index (χ1n) is 6.82. The van der Waals surface area contributed by atoms with E-state index in [1.54, 1.807) is 7.11 Å². The molecule has 1 aromatic rings. The molecule has 0 amide bonds. The van der Waals surface area contributed by atoms with E-state index in [4.69, 9.17) is 4.74 Å². The maximum absolute atomic E-state index is 5.06. The van der Waals surface area contributed by atoms with Crippen molar-refractivity contribution in [2.75, 3.05) is 32.2 Å². The Hall–Kier alpha value is -1.13. The van der Waals surface area contributed by atoms with Gasteiger partial charge in [0.15, 0.2) is 0 Å². The Kier molecular flexibility index (Phi) is 6.25. The van der Waals surface area contributed by atoms with Crippen molar-refractivity contribution in [2.45, 2.75) is 39.3 Å². The molecule has 19 heavy (non-hydrogen) atoms. The van der Waals surface area contributed by atoms with Crippen molar-refractivity contribution in [3.05, 3.63) is 23.9 Å². The molecule has 0 aromatic carbocycles. The average Bonchev–Trinajstić information content (AvgIpc) is 2.36. The molecule has 0 saturated carbocycles. The summed E-state index contributed by atoms with van der Waals surface area (Å²) in [6, 6.07) is 4.21. The fourth-order valence-electron chi connectivity index (χ4n) is 1.67. The van der Waals surface area contributed by atoms with Crippen LogP contribution in [0, 0.1) is 0 Å². The van der Waals surface area contributed by atoms with Gasteiger partial charge in [-0.1, -0.05) is 6.07 Å². The van der Waals surface area contributed by atoms with Crippen molar-refractivity contribution in [3.8, 4) is 0 Å². The lowest BCUT2D eigenvalue weighted by atomic mass is 10.1. The van der Waals surface area contributed by atoms with Gasteiger partial charge < -0.3 is 15.0 Å². The molecule has 0 fully saturated rings. The lowest BCUT2D eigenvalue weighted by Crippen LogP contribution is -2.35. The molecule has 0 atom stereocenters. The lowest BCUT2D eigenvalue weighted by molar-refractivity contribution is 0.196. The largest absolute Gasteiger partial charge is 0.385 e. The summed E-state index contributed by atoms with van der Waals surface area (Å²) in [6.07, 6.45) is 2.96. The van der Waals surface area contributed by atoms with Crippen molar-refractivity contribution in [2.24, 2.45) is 0 Å². The molecule has 4 heteroatoms. The van der Waals surface area contributed by atoms with E-state index in [1.165, 1.54) is 5.56 Å². The molecule has 0 aliphatic carbocycles. The van der Waals surface area contributed by atoms with Crippen molar-refractivity contribution < 1.29 is 4.74 Å². The van der Waals surface area contributed by atoms with Crippen LogP contribution in [0.1, 0.15) is 32.8 Å². The van der Waals surface area contributed by atoms with Gasteiger partial charge in [0.25, 0.3) is 0 Å². The second-order valence-corrected chi connectivity index (χ2v) is 5.90. The van der Waals surface area contributed by atoms with Crippen LogP contribution in [0.4, 0.5) is 5.82 Å². The molecule has 1 heterocycles. The van der Waals surface area contributed by atoms with Gasteiger partial charge in [0.05, 0.1) is 0 Å². The third-order valence-corrected chi connectivity index (χ3v) is 2.87. The van der Waals surface area contributed by atoms with E-state index in [1.807, 2.05) is 6.20 Å². The van der Waals surface area contributed by atoms with Gasteiger partial charge in [-0.25, -0.2) is 4.98 Å². The SMILES string of the molecule is COCCCN(C)c1ccc(CNC(C)(C)C)cn1. The number of nitrogens with zero attached hydrogens (tertiary/aromatic N) is 2. The summed E-state index contributed by atoms with van der Waals surface area (Å²) in [5.74, 6) is 1.01. The second-order valence-electron chi connectivity index (χ2n) is 5.90. The number of hydrogen-bond donors (Lipinski definition) is 1. The Bertz CT molecular complexity index is 357. The fraction of sp³-hybridized carbons (Fsp3) is 0.667. The van der Waals surface area contributed by atoms with E-state index in [0.29, 0.717) is 0 Å². The van der Waals surface area contributed by atoms with Crippen LogP contribution in [0.15, 0.2) is 18.3 Å². The zero-order valence-electron chi connectivity index (χ0n) is 12.9. The predicted molar refractivity (Wildman–Crippen MR) is 80.6 cm³/mol. The molecule has 0 bridgehead atoms. The van der Waals surface area contributed by atoms with Crippen molar-refractivity contribution in [1.82, 2.24) is 10.3 Å². The van der Waals surface area contributed by atoms with Crippen LogP contribution in [0.2, 0.25) is 0 Å². The van der Waals surface area contributed by atoms with Crippen LogP contribution >= 0.6 is 0 Å². The Morgan fingerprint density at radius 2 is 2.05 bits per heavy atom. The van der Waals surface area contributed by atoms with Gasteiger partial charge in [-0.05, 0) is 38.8 Å². The van der Waals surface area contributed by atoms with Gasteiger partial charge in [0.2, 0.25) is 0 Å². The first kappa shape index (κ1) is 15.9. The van der Waals surface area contributed by atoms with E-state index in [0.717, 1.165) is 31.9 Å². The molecule has 4 nitrogen and oxygen atoms in total. The van der Waals surface area contributed by atoms with Gasteiger partial charge in [0.1, 0.15) is 5.82 Å². The highest BCUT2D eigenvalue weighted by atomic mass is 16.5. The second kappa shape index (κ2) is 7.46. The normalized spacial score (nSPS) is 11.6. The molecule has 1 rings (SSSR count). The Labute approximate surface area is 117 Å². The minimum Gasteiger partial charge on any atom is -0.385 e. The number of pyridine rings is 1. The van der Waals surface area contributed by atoms with Crippen LogP contribution in [0.3, 0.4) is 0 Å². The highest BCUT2D eigenvalue weighted by molar-refractivity contribution is 5.38. The van der Waals surface area contributed by atoms with E-state index < -0.39 is 0 Å². The molecule has 0 radical (unpaired) electrons. The Morgan fingerprint density at radius 1 is 1.32 bits per heavy atom. The molecule has 108 valence electrons. The topological polar surface area (TPSA) is 37.4 Å². The van der Waals surface area contributed by atoms with Crippen LogP contribution in [-0.4, -0.2) is 37.8 Å². The fourth-order valence-corrected chi connectivity index (χ4v) is 1.67. The standard InChI is InChI=1S/C15H27N3O/c1-15(2,3)17-12-13-7-8-14(16-11-13)18(4)9-6-10-19-5/h7-8,11,17H,6,9-10,12H2,1-5H3. The van der Waals surface area contributed by atoms with Crippen molar-refractivity contribution >= 4 is 5.82 Å². The number of hydrogen-bond acceptors (Lipinski definition) is 4. The molecule has 0 aliphatic rings. The minimum atomic E-state index is 0.135. The van der Waals surface area contributed by atoms with Gasteiger partial charge in [-0.3, -0.25) is 0 Å². The molecule has 0 saturated heterocycles. The van der Waals surface area contributed by atoms with Crippen molar-refractivity contribution in [1.29, 1.82) is 0 Å². The van der Waals surface area contributed by atoms with Crippen molar-refractivity contribution in [3.63, 3.8) is 0 Å². The third kappa shape index (κ3) is 6.55. The summed E-state index contributed by atoms with van der Waals surface area (Å²) in [4.78, 5) is 6.66. The van der Waals surface area contributed by atoms with E-state index in [9.17, 15) is 0 Å². The van der Waals surface area contributed by atoms with Crippen LogP contribution in [0.5, 0.6) is 0 Å². The van der Waals surface area contributed by atoms with Crippen LogP contribution in [0.25, 0.3) is 0 Å². The van der Waals surface area contributed by atoms with Crippen LogP contribution in [-0.2, 0) is 11.3 Å². The molecule has 0 unspecified atom stereocenters. The maximum atomic E-state index is 5.06. The molecule has 1 N–H and O–H groups in total. The summed E-state index contributed by atoms with van der Waals surface area (Å²) in [7, 11) is 3.79. The maximum Gasteiger partial charge on any atom is 0.128 e. The lowest BCUT2D eigenvalue weighted by Gasteiger charge is -2.21. The molecule has 1 aromatic heterocycles. The molecule has 0 spiro atoms. The first-order chi connectivity index (χ1) is 8.92. The summed E-state index contributed by atoms with van der Waals surface area (Å²) >= 11 is 0. The Morgan fingerprint density at radius 3 is 2.58 bits per heavy atom. The average molecular weight is 265 g/mol. The zero-order chi connectivity index (χ0) is 14.3. The summed E-state index contributed by atoms with van der Waals surface area (Å²) in [5, 5.41) is 3.46. The van der Waals surface area contributed by atoms with Gasteiger partial charge in [-0.15, -0.1) is 0 Å². The quantitative estimate of drug-likeness (QED) is 0.768. The number of anilines is 1.